The summed E-state index contributed by atoms with van der Waals surface area (Å²) in [6.07, 6.45) is 0. The molecule has 1 aliphatic heterocycles. The van der Waals surface area contributed by atoms with Crippen molar-refractivity contribution < 1.29 is 18.7 Å². The molecule has 1 aliphatic rings. The Morgan fingerprint density at radius 1 is 1.07 bits per heavy atom. The van der Waals surface area contributed by atoms with E-state index in [1.807, 2.05) is 29.2 Å². The van der Waals surface area contributed by atoms with Crippen LogP contribution in [-0.2, 0) is 4.79 Å². The number of benzene rings is 2. The number of amides is 1. The maximum Gasteiger partial charge on any atom is 0.295 e. The van der Waals surface area contributed by atoms with E-state index in [1.165, 1.54) is 13.2 Å². The zero-order chi connectivity index (χ0) is 20.5. The number of aromatic nitrogens is 1. The second-order valence-corrected chi connectivity index (χ2v) is 7.10. The van der Waals surface area contributed by atoms with Gasteiger partial charge in [0, 0.05) is 54.5 Å². The number of carbonyl (C=O) groups excluding carboxylic acids is 2. The molecule has 0 aliphatic carbocycles. The summed E-state index contributed by atoms with van der Waals surface area (Å²) in [6.45, 7) is 3.66. The highest BCUT2D eigenvalue weighted by Crippen LogP contribution is 2.26. The Bertz CT molecular complexity index is 1080. The summed E-state index contributed by atoms with van der Waals surface area (Å²) in [4.78, 5) is 32.5. The maximum absolute atomic E-state index is 14.0. The largest absolute Gasteiger partial charge is 0.494 e. The van der Waals surface area contributed by atoms with E-state index in [0.29, 0.717) is 37.4 Å². The molecule has 150 valence electrons. The quantitative estimate of drug-likeness (QED) is 0.544. The molecule has 29 heavy (non-hydrogen) atoms. The number of fused-ring (bicyclic) bond motifs is 1. The van der Waals surface area contributed by atoms with Gasteiger partial charge in [-0.25, -0.2) is 4.39 Å². The summed E-state index contributed by atoms with van der Waals surface area (Å²) in [5.41, 5.74) is 2.70. The monoisotopic (exact) mass is 395 g/mol. The fourth-order valence-electron chi connectivity index (χ4n) is 3.84. The number of nitrogens with zero attached hydrogens (tertiary/aromatic N) is 2. The third kappa shape index (κ3) is 3.44. The Labute approximate surface area is 167 Å². The number of aromatic amines is 1. The predicted octanol–water partition coefficient (Wildman–Crippen LogP) is 3.16. The van der Waals surface area contributed by atoms with E-state index in [0.717, 1.165) is 16.6 Å². The van der Waals surface area contributed by atoms with Gasteiger partial charge in [0.1, 0.15) is 0 Å². The van der Waals surface area contributed by atoms with Crippen LogP contribution in [-0.4, -0.2) is 54.9 Å². The number of hydrogen-bond donors (Lipinski definition) is 1. The van der Waals surface area contributed by atoms with Gasteiger partial charge in [0.2, 0.25) is 0 Å². The summed E-state index contributed by atoms with van der Waals surface area (Å²) >= 11 is 0. The van der Waals surface area contributed by atoms with Gasteiger partial charge in [0.15, 0.2) is 11.6 Å². The van der Waals surface area contributed by atoms with Crippen molar-refractivity contribution in [2.45, 2.75) is 6.92 Å². The molecule has 4 rings (SSSR count). The van der Waals surface area contributed by atoms with Crippen LogP contribution in [0.25, 0.3) is 10.9 Å². The number of rotatable bonds is 4. The average Bonchev–Trinajstić information content (AvgIpc) is 3.08. The molecule has 6 nitrogen and oxygen atoms in total. The first-order valence-electron chi connectivity index (χ1n) is 9.49. The average molecular weight is 395 g/mol. The van der Waals surface area contributed by atoms with Crippen LogP contribution in [0.15, 0.2) is 42.5 Å². The molecule has 0 unspecified atom stereocenters. The van der Waals surface area contributed by atoms with Crippen LogP contribution < -0.4 is 9.64 Å². The predicted molar refractivity (Wildman–Crippen MR) is 109 cm³/mol. The van der Waals surface area contributed by atoms with Crippen LogP contribution in [0.1, 0.15) is 16.1 Å². The minimum atomic E-state index is -0.501. The second-order valence-electron chi connectivity index (χ2n) is 7.10. The number of methoxy groups -OCH3 is 1. The van der Waals surface area contributed by atoms with Gasteiger partial charge in [0.05, 0.1) is 12.7 Å². The molecule has 0 atom stereocenters. The Morgan fingerprint density at radius 3 is 2.48 bits per heavy atom. The smallest absolute Gasteiger partial charge is 0.295 e. The Hall–Kier alpha value is -3.35. The molecule has 0 saturated carbocycles. The van der Waals surface area contributed by atoms with Crippen LogP contribution in [0.4, 0.5) is 10.1 Å². The van der Waals surface area contributed by atoms with Crippen molar-refractivity contribution in [3.63, 3.8) is 0 Å². The number of anilines is 1. The maximum atomic E-state index is 14.0. The van der Waals surface area contributed by atoms with E-state index in [9.17, 15) is 14.0 Å². The van der Waals surface area contributed by atoms with E-state index in [4.69, 9.17) is 4.74 Å². The first-order valence-corrected chi connectivity index (χ1v) is 9.49. The fourth-order valence-corrected chi connectivity index (χ4v) is 3.84. The first kappa shape index (κ1) is 19.0. The van der Waals surface area contributed by atoms with Crippen LogP contribution >= 0.6 is 0 Å². The van der Waals surface area contributed by atoms with Gasteiger partial charge in [-0.1, -0.05) is 18.2 Å². The van der Waals surface area contributed by atoms with Crippen LogP contribution in [0.5, 0.6) is 5.75 Å². The second kappa shape index (κ2) is 7.58. The Kier molecular flexibility index (Phi) is 4.96. The number of piperazine rings is 1. The number of Topliss-reactive ketones (excluding diaryl/α,β-unsaturated/α-hetero) is 1. The van der Waals surface area contributed by atoms with Gasteiger partial charge >= 0.3 is 0 Å². The third-order valence-electron chi connectivity index (χ3n) is 5.38. The topological polar surface area (TPSA) is 65.6 Å². The Balaban J connectivity index is 1.47. The van der Waals surface area contributed by atoms with E-state index >= 15 is 0 Å². The van der Waals surface area contributed by atoms with E-state index in [2.05, 4.69) is 4.98 Å². The summed E-state index contributed by atoms with van der Waals surface area (Å²) in [5, 5.41) is 0.760. The number of halogens is 1. The summed E-state index contributed by atoms with van der Waals surface area (Å²) in [5.74, 6) is -1.22. The van der Waals surface area contributed by atoms with Crippen molar-refractivity contribution in [3.8, 4) is 5.75 Å². The summed E-state index contributed by atoms with van der Waals surface area (Å²) in [6, 6.07) is 12.3. The number of ketones is 1. The molecule has 0 bridgehead atoms. The number of aryl methyl sites for hydroxylation is 1. The van der Waals surface area contributed by atoms with Crippen molar-refractivity contribution in [1.29, 1.82) is 0 Å². The van der Waals surface area contributed by atoms with Crippen LogP contribution in [0.2, 0.25) is 0 Å². The number of carbonyl (C=O) groups is 2. The standard InChI is InChI=1S/C22H22FN3O3/c1-14-20(16-5-3-4-6-18(16)24-14)21(27)22(28)26-11-9-25(10-12-26)15-7-8-19(29-2)17(23)13-15/h3-8,13,24H,9-12H2,1-2H3. The van der Waals surface area contributed by atoms with Gasteiger partial charge in [-0.3, -0.25) is 9.59 Å². The third-order valence-corrected chi connectivity index (χ3v) is 5.38. The van der Waals surface area contributed by atoms with E-state index in [1.54, 1.807) is 24.0 Å². The van der Waals surface area contributed by atoms with E-state index in [-0.39, 0.29) is 5.75 Å². The van der Waals surface area contributed by atoms with Crippen LogP contribution in [0, 0.1) is 12.7 Å². The molecular formula is C22H22FN3O3. The molecule has 0 radical (unpaired) electrons. The lowest BCUT2D eigenvalue weighted by Crippen LogP contribution is -2.50. The lowest BCUT2D eigenvalue weighted by molar-refractivity contribution is -0.126. The highest BCUT2D eigenvalue weighted by Gasteiger charge is 2.29. The Morgan fingerprint density at radius 2 is 1.79 bits per heavy atom. The van der Waals surface area contributed by atoms with Gasteiger partial charge in [-0.15, -0.1) is 0 Å². The lowest BCUT2D eigenvalue weighted by atomic mass is 10.1. The summed E-state index contributed by atoms with van der Waals surface area (Å²) < 4.78 is 18.9. The van der Waals surface area contributed by atoms with E-state index < -0.39 is 17.5 Å². The zero-order valence-electron chi connectivity index (χ0n) is 16.4. The van der Waals surface area contributed by atoms with Crippen molar-refractivity contribution >= 4 is 28.3 Å². The number of nitrogens with one attached hydrogen (secondary N) is 1. The molecular weight excluding hydrogens is 373 g/mol. The summed E-state index contributed by atoms with van der Waals surface area (Å²) in [7, 11) is 1.43. The highest BCUT2D eigenvalue weighted by atomic mass is 19.1. The normalized spacial score (nSPS) is 14.3. The molecule has 3 aromatic rings. The number of para-hydroxylation sites is 1. The molecule has 1 aromatic heterocycles. The lowest BCUT2D eigenvalue weighted by Gasteiger charge is -2.35. The van der Waals surface area contributed by atoms with Crippen molar-refractivity contribution in [3.05, 3.63) is 59.5 Å². The van der Waals surface area contributed by atoms with Crippen molar-refractivity contribution in [2.75, 3.05) is 38.2 Å². The molecule has 0 spiro atoms. The molecule has 2 heterocycles. The van der Waals surface area contributed by atoms with Gasteiger partial charge in [0.25, 0.3) is 11.7 Å². The molecule has 1 amide bonds. The SMILES string of the molecule is COc1ccc(N2CCN(C(=O)C(=O)c3c(C)[nH]c4ccccc34)CC2)cc1F. The molecule has 1 fully saturated rings. The number of H-pyrrole nitrogens is 1. The molecule has 1 saturated heterocycles. The minimum Gasteiger partial charge on any atom is -0.494 e. The first-order chi connectivity index (χ1) is 14.0. The molecule has 2 aromatic carbocycles. The molecule has 7 heteroatoms. The van der Waals surface area contributed by atoms with Gasteiger partial charge in [-0.2, -0.15) is 0 Å². The van der Waals surface area contributed by atoms with Crippen LogP contribution in [0.3, 0.4) is 0 Å². The minimum absolute atomic E-state index is 0.197. The van der Waals surface area contributed by atoms with Crippen molar-refractivity contribution in [1.82, 2.24) is 9.88 Å². The highest BCUT2D eigenvalue weighted by molar-refractivity contribution is 6.45. The number of ether oxygens (including phenoxy) is 1. The molecule has 1 N–H and O–H groups in total. The van der Waals surface area contributed by atoms with Gasteiger partial charge < -0.3 is 19.5 Å². The zero-order valence-corrected chi connectivity index (χ0v) is 16.4. The number of hydrogen-bond acceptors (Lipinski definition) is 4. The van der Waals surface area contributed by atoms with Crippen molar-refractivity contribution in [2.24, 2.45) is 0 Å². The van der Waals surface area contributed by atoms with Gasteiger partial charge in [-0.05, 0) is 25.1 Å². The fraction of sp³-hybridized carbons (Fsp3) is 0.273.